The van der Waals surface area contributed by atoms with Gasteiger partial charge in [-0.15, -0.1) is 0 Å². The molecule has 0 unspecified atom stereocenters. The maximum atomic E-state index is 10.7. The van der Waals surface area contributed by atoms with Gasteiger partial charge in [0.15, 0.2) is 0 Å². The molecule has 0 aromatic heterocycles. The number of rotatable bonds is 4. The van der Waals surface area contributed by atoms with Crippen molar-refractivity contribution in [3.8, 4) is 0 Å². The van der Waals surface area contributed by atoms with E-state index in [4.69, 9.17) is 5.11 Å². The molecule has 2 fully saturated rings. The van der Waals surface area contributed by atoms with E-state index >= 15 is 0 Å². The molecule has 1 aliphatic carbocycles. The minimum atomic E-state index is -0.686. The second kappa shape index (κ2) is 2.96. The first-order valence-electron chi connectivity index (χ1n) is 4.79. The zero-order chi connectivity index (χ0) is 9.47. The van der Waals surface area contributed by atoms with Crippen LogP contribution in [0.1, 0.15) is 19.3 Å². The molecular weight excluding hydrogens is 168 g/mol. The molecule has 1 aliphatic heterocycles. The van der Waals surface area contributed by atoms with E-state index in [1.165, 1.54) is 12.8 Å². The summed E-state index contributed by atoms with van der Waals surface area (Å²) >= 11 is 0. The molecule has 2 rings (SSSR count). The summed E-state index contributed by atoms with van der Waals surface area (Å²) in [6, 6.07) is 0.640. The third-order valence-corrected chi connectivity index (χ3v) is 3.23. The molecule has 1 saturated heterocycles. The zero-order valence-electron chi connectivity index (χ0n) is 7.92. The number of likely N-dealkylation sites (N-methyl/N-ethyl adjacent to an activating group) is 1. The van der Waals surface area contributed by atoms with Crippen LogP contribution < -0.4 is 5.32 Å². The van der Waals surface area contributed by atoms with Crippen molar-refractivity contribution in [3.05, 3.63) is 0 Å². The van der Waals surface area contributed by atoms with Crippen LogP contribution in [-0.4, -0.2) is 47.7 Å². The van der Waals surface area contributed by atoms with Crippen LogP contribution in [-0.2, 0) is 4.79 Å². The van der Waals surface area contributed by atoms with Crippen LogP contribution >= 0.6 is 0 Å². The molecule has 0 amide bonds. The summed E-state index contributed by atoms with van der Waals surface area (Å²) in [4.78, 5) is 13.0. The fraction of sp³-hybridized carbons (Fsp3) is 0.889. The quantitative estimate of drug-likeness (QED) is 0.640. The van der Waals surface area contributed by atoms with E-state index < -0.39 is 5.97 Å². The lowest BCUT2D eigenvalue weighted by molar-refractivity contribution is -0.141. The van der Waals surface area contributed by atoms with Crippen molar-refractivity contribution >= 4 is 5.97 Å². The Balaban J connectivity index is 2.00. The summed E-state index contributed by atoms with van der Waals surface area (Å²) < 4.78 is 0. The van der Waals surface area contributed by atoms with Crippen molar-refractivity contribution in [1.29, 1.82) is 0 Å². The SMILES string of the molecule is CN(C1CC1)C1(CC(=O)O)CNC1. The summed E-state index contributed by atoms with van der Waals surface area (Å²) in [5.41, 5.74) is -0.0903. The van der Waals surface area contributed by atoms with E-state index in [1.807, 2.05) is 0 Å². The van der Waals surface area contributed by atoms with Crippen molar-refractivity contribution < 1.29 is 9.90 Å². The summed E-state index contributed by atoms with van der Waals surface area (Å²) in [5.74, 6) is -0.686. The van der Waals surface area contributed by atoms with Crippen LogP contribution in [0.3, 0.4) is 0 Å². The highest BCUT2D eigenvalue weighted by atomic mass is 16.4. The van der Waals surface area contributed by atoms with Gasteiger partial charge in [-0.05, 0) is 19.9 Å². The van der Waals surface area contributed by atoms with Gasteiger partial charge >= 0.3 is 5.97 Å². The summed E-state index contributed by atoms with van der Waals surface area (Å²) in [6.07, 6.45) is 2.74. The van der Waals surface area contributed by atoms with Gasteiger partial charge in [-0.1, -0.05) is 0 Å². The molecule has 0 spiro atoms. The fourth-order valence-corrected chi connectivity index (χ4v) is 2.04. The smallest absolute Gasteiger partial charge is 0.305 e. The molecule has 0 radical (unpaired) electrons. The van der Waals surface area contributed by atoms with E-state index in [0.717, 1.165) is 13.1 Å². The van der Waals surface area contributed by atoms with Gasteiger partial charge in [-0.25, -0.2) is 0 Å². The van der Waals surface area contributed by atoms with Crippen LogP contribution in [0.2, 0.25) is 0 Å². The van der Waals surface area contributed by atoms with E-state index in [2.05, 4.69) is 17.3 Å². The van der Waals surface area contributed by atoms with Crippen LogP contribution in [0, 0.1) is 0 Å². The number of nitrogens with zero attached hydrogens (tertiary/aromatic N) is 1. The number of carboxylic acids is 1. The molecule has 2 N–H and O–H groups in total. The van der Waals surface area contributed by atoms with Crippen molar-refractivity contribution in [2.24, 2.45) is 0 Å². The van der Waals surface area contributed by atoms with Crippen LogP contribution in [0.25, 0.3) is 0 Å². The molecular formula is C9H16N2O2. The highest BCUT2D eigenvalue weighted by molar-refractivity contribution is 5.68. The Kier molecular flexibility index (Phi) is 2.04. The van der Waals surface area contributed by atoms with Crippen molar-refractivity contribution in [1.82, 2.24) is 10.2 Å². The van der Waals surface area contributed by atoms with Gasteiger partial charge in [0.1, 0.15) is 0 Å². The Morgan fingerprint density at radius 1 is 1.62 bits per heavy atom. The van der Waals surface area contributed by atoms with E-state index in [9.17, 15) is 4.79 Å². The Morgan fingerprint density at radius 3 is 2.54 bits per heavy atom. The number of nitrogens with one attached hydrogen (secondary N) is 1. The minimum Gasteiger partial charge on any atom is -0.481 e. The standard InChI is InChI=1S/C9H16N2O2/c1-11(7-2-3-7)9(4-8(12)13)5-10-6-9/h7,10H,2-6H2,1H3,(H,12,13). The van der Waals surface area contributed by atoms with E-state index in [0.29, 0.717) is 6.04 Å². The van der Waals surface area contributed by atoms with Crippen LogP contribution in [0.15, 0.2) is 0 Å². The summed E-state index contributed by atoms with van der Waals surface area (Å²) in [6.45, 7) is 1.65. The second-order valence-corrected chi connectivity index (χ2v) is 4.24. The van der Waals surface area contributed by atoms with Crippen molar-refractivity contribution in [2.75, 3.05) is 20.1 Å². The lowest BCUT2D eigenvalue weighted by Crippen LogP contribution is -2.69. The molecule has 2 aliphatic rings. The monoisotopic (exact) mass is 184 g/mol. The molecule has 4 nitrogen and oxygen atoms in total. The van der Waals surface area contributed by atoms with Crippen LogP contribution in [0.5, 0.6) is 0 Å². The lowest BCUT2D eigenvalue weighted by Gasteiger charge is -2.48. The molecule has 0 aromatic rings. The van der Waals surface area contributed by atoms with Gasteiger partial charge in [-0.2, -0.15) is 0 Å². The number of hydrogen-bond acceptors (Lipinski definition) is 3. The highest BCUT2D eigenvalue weighted by Crippen LogP contribution is 2.35. The zero-order valence-corrected chi connectivity index (χ0v) is 7.92. The number of carboxylic acid groups (broad SMARTS) is 1. The molecule has 1 saturated carbocycles. The molecule has 0 aromatic carbocycles. The van der Waals surface area contributed by atoms with Crippen molar-refractivity contribution in [3.63, 3.8) is 0 Å². The first-order chi connectivity index (χ1) is 6.14. The average Bonchev–Trinajstić information content (AvgIpc) is 2.77. The summed E-state index contributed by atoms with van der Waals surface area (Å²) in [7, 11) is 2.06. The Morgan fingerprint density at radius 2 is 2.23 bits per heavy atom. The first kappa shape index (κ1) is 8.97. The Hall–Kier alpha value is -0.610. The van der Waals surface area contributed by atoms with Gasteiger partial charge in [0.25, 0.3) is 0 Å². The molecule has 74 valence electrons. The molecule has 1 heterocycles. The number of hydrogen-bond donors (Lipinski definition) is 2. The Labute approximate surface area is 77.9 Å². The third kappa shape index (κ3) is 1.56. The third-order valence-electron chi connectivity index (χ3n) is 3.23. The van der Waals surface area contributed by atoms with Crippen molar-refractivity contribution in [2.45, 2.75) is 30.8 Å². The molecule has 0 atom stereocenters. The predicted octanol–water partition coefficient (Wildman–Crippen LogP) is -0.103. The van der Waals surface area contributed by atoms with Crippen LogP contribution in [0.4, 0.5) is 0 Å². The van der Waals surface area contributed by atoms with E-state index in [-0.39, 0.29) is 12.0 Å². The maximum Gasteiger partial charge on any atom is 0.305 e. The second-order valence-electron chi connectivity index (χ2n) is 4.24. The largest absolute Gasteiger partial charge is 0.481 e. The lowest BCUT2D eigenvalue weighted by atomic mass is 9.86. The summed E-state index contributed by atoms with van der Waals surface area (Å²) in [5, 5.41) is 12.0. The Bertz CT molecular complexity index is 222. The number of carbonyl (C=O) groups is 1. The fourth-order valence-electron chi connectivity index (χ4n) is 2.04. The van der Waals surface area contributed by atoms with Gasteiger partial charge in [0.2, 0.25) is 0 Å². The maximum absolute atomic E-state index is 10.7. The molecule has 13 heavy (non-hydrogen) atoms. The van der Waals surface area contributed by atoms with Gasteiger partial charge in [0, 0.05) is 19.1 Å². The first-order valence-corrected chi connectivity index (χ1v) is 4.79. The van der Waals surface area contributed by atoms with E-state index in [1.54, 1.807) is 0 Å². The highest BCUT2D eigenvalue weighted by Gasteiger charge is 2.47. The van der Waals surface area contributed by atoms with Gasteiger partial charge < -0.3 is 10.4 Å². The molecule has 4 heteroatoms. The molecule has 0 bridgehead atoms. The normalized spacial score (nSPS) is 25.7. The van der Waals surface area contributed by atoms with Gasteiger partial charge in [-0.3, -0.25) is 9.69 Å². The number of aliphatic carboxylic acids is 1. The topological polar surface area (TPSA) is 52.6 Å². The predicted molar refractivity (Wildman–Crippen MR) is 48.6 cm³/mol. The van der Waals surface area contributed by atoms with Gasteiger partial charge in [0.05, 0.1) is 12.0 Å². The minimum absolute atomic E-state index is 0.0903. The average molecular weight is 184 g/mol.